The molecular weight excluding hydrogens is 240 g/mol. The van der Waals surface area contributed by atoms with E-state index in [9.17, 15) is 9.90 Å². The van der Waals surface area contributed by atoms with Gasteiger partial charge >= 0.3 is 0 Å². The van der Waals surface area contributed by atoms with E-state index in [2.05, 4.69) is 12.6 Å². The highest BCUT2D eigenvalue weighted by atomic mass is 32.1. The second-order valence-corrected chi connectivity index (χ2v) is 4.68. The summed E-state index contributed by atoms with van der Waals surface area (Å²) in [6.45, 7) is 3.12. The minimum Gasteiger partial charge on any atom is -0.373 e. The van der Waals surface area contributed by atoms with Gasteiger partial charge < -0.3 is 5.11 Å². The van der Waals surface area contributed by atoms with E-state index in [-0.39, 0.29) is 5.78 Å². The summed E-state index contributed by atoms with van der Waals surface area (Å²) in [5.74, 6) is -0.281. The van der Waals surface area contributed by atoms with Crippen LogP contribution in [0.1, 0.15) is 18.7 Å². The molecule has 0 radical (unpaired) electrons. The van der Waals surface area contributed by atoms with E-state index in [4.69, 9.17) is 0 Å². The molecule has 0 aromatic carbocycles. The molecule has 16 heavy (non-hydrogen) atoms. The van der Waals surface area contributed by atoms with Crippen LogP contribution < -0.4 is 0 Å². The number of hydrogen-bond donors (Lipinski definition) is 2. The molecule has 1 N–H and O–H groups in total. The van der Waals surface area contributed by atoms with Crippen molar-refractivity contribution in [3.8, 4) is 0 Å². The van der Waals surface area contributed by atoms with E-state index in [1.807, 2.05) is 11.4 Å². The van der Waals surface area contributed by atoms with Crippen molar-refractivity contribution in [3.05, 3.63) is 45.5 Å². The molecule has 0 spiro atoms. The lowest BCUT2D eigenvalue weighted by atomic mass is 9.89. The summed E-state index contributed by atoms with van der Waals surface area (Å²) in [7, 11) is 0. The number of carbonyl (C=O) groups excluding carboxylic acids is 1. The van der Waals surface area contributed by atoms with Crippen LogP contribution in [0.25, 0.3) is 0 Å². The summed E-state index contributed by atoms with van der Waals surface area (Å²) < 4.78 is 0. The standard InChI is InChI=1S/C12H14O2S2/c1-9(5-3-7-15)12(14,10(2)13)11-6-4-8-16-11/h3-8,14-15H,1-2H3/b7-3-,9-5+. The van der Waals surface area contributed by atoms with Crippen molar-refractivity contribution in [2.24, 2.45) is 0 Å². The van der Waals surface area contributed by atoms with Crippen LogP contribution in [-0.2, 0) is 10.4 Å². The molecule has 0 aliphatic rings. The molecule has 1 unspecified atom stereocenters. The predicted octanol–water partition coefficient (Wildman–Crippen LogP) is 2.91. The van der Waals surface area contributed by atoms with E-state index >= 15 is 0 Å². The average molecular weight is 254 g/mol. The lowest BCUT2D eigenvalue weighted by Crippen LogP contribution is -2.34. The largest absolute Gasteiger partial charge is 0.373 e. The number of thiol groups is 1. The van der Waals surface area contributed by atoms with Gasteiger partial charge in [-0.05, 0) is 36.3 Å². The van der Waals surface area contributed by atoms with Gasteiger partial charge in [0.15, 0.2) is 11.4 Å². The molecule has 0 saturated heterocycles. The number of aliphatic hydroxyl groups is 1. The van der Waals surface area contributed by atoms with E-state index in [0.717, 1.165) is 0 Å². The Bertz CT molecular complexity index is 418. The quantitative estimate of drug-likeness (QED) is 0.640. The first kappa shape index (κ1) is 13.2. The summed E-state index contributed by atoms with van der Waals surface area (Å²) in [6.07, 6.45) is 3.37. The highest BCUT2D eigenvalue weighted by Gasteiger charge is 2.37. The van der Waals surface area contributed by atoms with Crippen molar-refractivity contribution < 1.29 is 9.90 Å². The molecule has 0 bridgehead atoms. The Hall–Kier alpha value is -0.840. The monoisotopic (exact) mass is 254 g/mol. The molecule has 2 nitrogen and oxygen atoms in total. The molecule has 1 rings (SSSR count). The van der Waals surface area contributed by atoms with Gasteiger partial charge in [-0.1, -0.05) is 18.2 Å². The Kier molecular flexibility index (Phi) is 4.53. The third-order valence-electron chi connectivity index (χ3n) is 2.39. The maximum absolute atomic E-state index is 11.6. The van der Waals surface area contributed by atoms with Crippen LogP contribution in [0.2, 0.25) is 0 Å². The van der Waals surface area contributed by atoms with Crippen LogP contribution in [0, 0.1) is 0 Å². The van der Waals surface area contributed by atoms with Gasteiger partial charge in [-0.25, -0.2) is 0 Å². The zero-order valence-electron chi connectivity index (χ0n) is 9.18. The van der Waals surface area contributed by atoms with E-state index in [1.54, 1.807) is 30.6 Å². The van der Waals surface area contributed by atoms with Gasteiger partial charge in [0.2, 0.25) is 0 Å². The molecular formula is C12H14O2S2. The summed E-state index contributed by atoms with van der Waals surface area (Å²) in [5, 5.41) is 13.9. The maximum Gasteiger partial charge on any atom is 0.178 e. The number of rotatable bonds is 4. The van der Waals surface area contributed by atoms with Crippen molar-refractivity contribution in [1.82, 2.24) is 0 Å². The molecule has 0 aliphatic carbocycles. The zero-order valence-corrected chi connectivity index (χ0v) is 10.9. The van der Waals surface area contributed by atoms with Gasteiger partial charge in [0, 0.05) is 4.88 Å². The number of hydrogen-bond acceptors (Lipinski definition) is 4. The topological polar surface area (TPSA) is 37.3 Å². The number of carbonyl (C=O) groups is 1. The van der Waals surface area contributed by atoms with Crippen molar-refractivity contribution >= 4 is 29.7 Å². The molecule has 0 amide bonds. The van der Waals surface area contributed by atoms with Crippen LogP contribution in [0.4, 0.5) is 0 Å². The first-order valence-corrected chi connectivity index (χ1v) is 6.18. The molecule has 0 saturated carbocycles. The SMILES string of the molecule is CC(=O)C(O)(/C(C)=C/C=C\S)c1cccs1. The van der Waals surface area contributed by atoms with Gasteiger partial charge in [0.1, 0.15) is 0 Å². The lowest BCUT2D eigenvalue weighted by Gasteiger charge is -2.24. The Morgan fingerprint density at radius 1 is 1.56 bits per heavy atom. The molecule has 4 heteroatoms. The summed E-state index contributed by atoms with van der Waals surface area (Å²) in [4.78, 5) is 12.3. The van der Waals surface area contributed by atoms with Crippen molar-refractivity contribution in [2.45, 2.75) is 19.4 Å². The molecule has 86 valence electrons. The second-order valence-electron chi connectivity index (χ2n) is 3.44. The lowest BCUT2D eigenvalue weighted by molar-refractivity contribution is -0.132. The molecule has 1 atom stereocenters. The summed E-state index contributed by atoms with van der Waals surface area (Å²) in [6, 6.07) is 3.57. The van der Waals surface area contributed by atoms with Crippen LogP contribution in [0.3, 0.4) is 0 Å². The molecule has 1 aromatic rings. The summed E-state index contributed by atoms with van der Waals surface area (Å²) in [5.41, 5.74) is -0.922. The molecule has 1 heterocycles. The van der Waals surface area contributed by atoms with Crippen LogP contribution in [0.15, 0.2) is 40.6 Å². The van der Waals surface area contributed by atoms with Gasteiger partial charge in [-0.15, -0.1) is 11.3 Å². The molecule has 0 fully saturated rings. The predicted molar refractivity (Wildman–Crippen MR) is 70.8 cm³/mol. The highest BCUT2D eigenvalue weighted by molar-refractivity contribution is 7.83. The smallest absolute Gasteiger partial charge is 0.178 e. The van der Waals surface area contributed by atoms with E-state index < -0.39 is 5.60 Å². The fraction of sp³-hybridized carbons (Fsp3) is 0.250. The Morgan fingerprint density at radius 3 is 2.69 bits per heavy atom. The number of Topliss-reactive ketones (excluding diaryl/α,β-unsaturated/α-hetero) is 1. The molecule has 0 aliphatic heterocycles. The van der Waals surface area contributed by atoms with Crippen LogP contribution in [0.5, 0.6) is 0 Å². The van der Waals surface area contributed by atoms with Crippen LogP contribution >= 0.6 is 24.0 Å². The van der Waals surface area contributed by atoms with E-state index in [0.29, 0.717) is 10.5 Å². The Balaban J connectivity index is 3.22. The van der Waals surface area contributed by atoms with Crippen molar-refractivity contribution in [3.63, 3.8) is 0 Å². The third-order valence-corrected chi connectivity index (χ3v) is 3.54. The van der Waals surface area contributed by atoms with Gasteiger partial charge in [-0.2, -0.15) is 12.6 Å². The van der Waals surface area contributed by atoms with Gasteiger partial charge in [-0.3, -0.25) is 4.79 Å². The van der Waals surface area contributed by atoms with Crippen LogP contribution in [-0.4, -0.2) is 10.9 Å². The maximum atomic E-state index is 11.6. The van der Waals surface area contributed by atoms with Gasteiger partial charge in [0.05, 0.1) is 0 Å². The Labute approximate surface area is 105 Å². The third kappa shape index (κ3) is 2.45. The van der Waals surface area contributed by atoms with Crippen molar-refractivity contribution in [1.29, 1.82) is 0 Å². The van der Waals surface area contributed by atoms with E-state index in [1.165, 1.54) is 18.3 Å². The normalized spacial score (nSPS) is 16.4. The number of thiophene rings is 1. The first-order valence-electron chi connectivity index (χ1n) is 4.79. The number of allylic oxidation sites excluding steroid dienone is 2. The minimum absolute atomic E-state index is 0.281. The number of ketones is 1. The zero-order chi connectivity index (χ0) is 12.2. The fourth-order valence-electron chi connectivity index (χ4n) is 1.44. The summed E-state index contributed by atoms with van der Waals surface area (Å²) >= 11 is 5.29. The average Bonchev–Trinajstić information content (AvgIpc) is 2.77. The fourth-order valence-corrected chi connectivity index (χ4v) is 2.46. The molecule has 1 aromatic heterocycles. The van der Waals surface area contributed by atoms with Gasteiger partial charge in [0.25, 0.3) is 0 Å². The minimum atomic E-state index is -1.51. The Morgan fingerprint density at radius 2 is 2.25 bits per heavy atom. The van der Waals surface area contributed by atoms with Crippen molar-refractivity contribution in [2.75, 3.05) is 0 Å². The highest BCUT2D eigenvalue weighted by Crippen LogP contribution is 2.33. The second kappa shape index (κ2) is 5.48. The first-order chi connectivity index (χ1) is 7.53.